The van der Waals surface area contributed by atoms with Crippen molar-refractivity contribution in [2.24, 2.45) is 0 Å². The van der Waals surface area contributed by atoms with E-state index in [2.05, 4.69) is 31.0 Å². The number of aryl methyl sites for hydroxylation is 1. The van der Waals surface area contributed by atoms with Gasteiger partial charge in [-0.15, -0.1) is 0 Å². The number of nitro groups is 1. The van der Waals surface area contributed by atoms with Crippen LogP contribution in [0.15, 0.2) is 28.8 Å². The summed E-state index contributed by atoms with van der Waals surface area (Å²) in [6.45, 7) is 5.48. The van der Waals surface area contributed by atoms with Crippen LogP contribution in [0.5, 0.6) is 0 Å². The lowest BCUT2D eigenvalue weighted by Crippen LogP contribution is -2.46. The highest BCUT2D eigenvalue weighted by molar-refractivity contribution is 5.88. The third kappa shape index (κ3) is 3.47. The molecule has 0 aliphatic carbocycles. The minimum absolute atomic E-state index is 0.0520. The van der Waals surface area contributed by atoms with Crippen LogP contribution >= 0.6 is 0 Å². The first-order valence-electron chi connectivity index (χ1n) is 8.79. The molecule has 10 heteroatoms. The van der Waals surface area contributed by atoms with Crippen molar-refractivity contribution >= 4 is 22.4 Å². The SMILES string of the molecule is Cc1nc(CN2CCN(c3cc(C#N)c4cc([N+](=O)[O-])ccc4n3)CC2)no1. The molecule has 10 nitrogen and oxygen atoms in total. The fraction of sp³-hybridized carbons (Fsp3) is 0.333. The van der Waals surface area contributed by atoms with Gasteiger partial charge in [0.15, 0.2) is 5.82 Å². The van der Waals surface area contributed by atoms with Gasteiger partial charge in [0.25, 0.3) is 5.69 Å². The van der Waals surface area contributed by atoms with Gasteiger partial charge >= 0.3 is 0 Å². The van der Waals surface area contributed by atoms with E-state index in [9.17, 15) is 15.4 Å². The molecule has 0 spiro atoms. The second-order valence-electron chi connectivity index (χ2n) is 6.59. The first kappa shape index (κ1) is 17.8. The van der Waals surface area contributed by atoms with E-state index in [0.717, 1.165) is 26.2 Å². The second kappa shape index (κ2) is 7.21. The molecule has 1 aliphatic rings. The molecule has 142 valence electrons. The smallest absolute Gasteiger partial charge is 0.270 e. The Morgan fingerprint density at radius 2 is 2.04 bits per heavy atom. The van der Waals surface area contributed by atoms with Crippen LogP contribution in [-0.2, 0) is 6.54 Å². The molecule has 1 aliphatic heterocycles. The normalized spacial score (nSPS) is 14.9. The Labute approximate surface area is 160 Å². The number of hydrogen-bond donors (Lipinski definition) is 0. The highest BCUT2D eigenvalue weighted by Crippen LogP contribution is 2.27. The molecule has 2 aromatic heterocycles. The monoisotopic (exact) mass is 379 g/mol. The van der Waals surface area contributed by atoms with Gasteiger partial charge in [0.2, 0.25) is 5.89 Å². The predicted molar refractivity (Wildman–Crippen MR) is 99.6 cm³/mol. The largest absolute Gasteiger partial charge is 0.354 e. The lowest BCUT2D eigenvalue weighted by Gasteiger charge is -2.34. The molecule has 3 aromatic rings. The van der Waals surface area contributed by atoms with E-state index in [1.165, 1.54) is 12.1 Å². The van der Waals surface area contributed by atoms with E-state index >= 15 is 0 Å². The van der Waals surface area contributed by atoms with Crippen molar-refractivity contribution in [2.75, 3.05) is 31.1 Å². The van der Waals surface area contributed by atoms with E-state index in [0.29, 0.717) is 40.5 Å². The maximum absolute atomic E-state index is 11.0. The van der Waals surface area contributed by atoms with Crippen molar-refractivity contribution < 1.29 is 9.45 Å². The molecule has 0 unspecified atom stereocenters. The molecule has 28 heavy (non-hydrogen) atoms. The number of aromatic nitrogens is 3. The minimum Gasteiger partial charge on any atom is -0.354 e. The summed E-state index contributed by atoms with van der Waals surface area (Å²) in [6, 6.07) is 8.23. The molecule has 0 bridgehead atoms. The topological polar surface area (TPSA) is 125 Å². The van der Waals surface area contributed by atoms with Gasteiger partial charge in [-0.1, -0.05) is 5.16 Å². The van der Waals surface area contributed by atoms with Crippen molar-refractivity contribution in [1.29, 1.82) is 5.26 Å². The van der Waals surface area contributed by atoms with Crippen molar-refractivity contribution in [2.45, 2.75) is 13.5 Å². The number of nitro benzene ring substituents is 1. The second-order valence-corrected chi connectivity index (χ2v) is 6.59. The maximum atomic E-state index is 11.0. The molecular formula is C18H17N7O3. The molecule has 0 amide bonds. The summed E-state index contributed by atoms with van der Waals surface area (Å²) in [5, 5.41) is 24.9. The maximum Gasteiger partial charge on any atom is 0.270 e. The third-order valence-corrected chi connectivity index (χ3v) is 4.74. The Kier molecular flexibility index (Phi) is 4.58. The number of nitrogens with zero attached hydrogens (tertiary/aromatic N) is 7. The molecule has 1 fully saturated rings. The highest BCUT2D eigenvalue weighted by atomic mass is 16.6. The fourth-order valence-electron chi connectivity index (χ4n) is 3.31. The number of anilines is 1. The van der Waals surface area contributed by atoms with Crippen LogP contribution in [0.3, 0.4) is 0 Å². The minimum atomic E-state index is -0.473. The van der Waals surface area contributed by atoms with Crippen LogP contribution in [-0.4, -0.2) is 51.1 Å². The Morgan fingerprint density at radius 1 is 1.25 bits per heavy atom. The van der Waals surface area contributed by atoms with E-state index in [-0.39, 0.29) is 5.69 Å². The van der Waals surface area contributed by atoms with E-state index in [1.807, 2.05) is 0 Å². The lowest BCUT2D eigenvalue weighted by molar-refractivity contribution is -0.384. The van der Waals surface area contributed by atoms with Crippen LogP contribution in [0.25, 0.3) is 10.9 Å². The Bertz CT molecular complexity index is 1080. The van der Waals surface area contributed by atoms with E-state index in [4.69, 9.17) is 4.52 Å². The van der Waals surface area contributed by atoms with Gasteiger partial charge in [-0.3, -0.25) is 15.0 Å². The van der Waals surface area contributed by atoms with Crippen molar-refractivity contribution in [3.05, 3.63) is 51.7 Å². The molecule has 1 aromatic carbocycles. The van der Waals surface area contributed by atoms with Gasteiger partial charge < -0.3 is 9.42 Å². The number of piperazine rings is 1. The highest BCUT2D eigenvalue weighted by Gasteiger charge is 2.21. The van der Waals surface area contributed by atoms with Gasteiger partial charge in [0, 0.05) is 50.6 Å². The fourth-order valence-corrected chi connectivity index (χ4v) is 3.31. The Hall–Kier alpha value is -3.58. The Balaban J connectivity index is 1.52. The molecule has 3 heterocycles. The molecule has 0 atom stereocenters. The van der Waals surface area contributed by atoms with Gasteiger partial charge in [0.05, 0.1) is 28.6 Å². The zero-order chi connectivity index (χ0) is 19.7. The average Bonchev–Trinajstić information content (AvgIpc) is 3.11. The lowest BCUT2D eigenvalue weighted by atomic mass is 10.1. The molecule has 4 rings (SSSR count). The zero-order valence-electron chi connectivity index (χ0n) is 15.2. The Morgan fingerprint density at radius 3 is 2.68 bits per heavy atom. The summed E-state index contributed by atoms with van der Waals surface area (Å²) in [6.07, 6.45) is 0. The number of nitriles is 1. The number of pyridine rings is 1. The number of non-ortho nitro benzene ring substituents is 1. The van der Waals surface area contributed by atoms with Crippen LogP contribution in [0, 0.1) is 28.4 Å². The molecular weight excluding hydrogens is 362 g/mol. The summed E-state index contributed by atoms with van der Waals surface area (Å²) in [4.78, 5) is 23.7. The van der Waals surface area contributed by atoms with Crippen molar-refractivity contribution in [1.82, 2.24) is 20.0 Å². The summed E-state index contributed by atoms with van der Waals surface area (Å²) in [5.74, 6) is 1.93. The molecule has 0 N–H and O–H groups in total. The number of hydrogen-bond acceptors (Lipinski definition) is 9. The van der Waals surface area contributed by atoms with Gasteiger partial charge in [-0.05, 0) is 12.1 Å². The summed E-state index contributed by atoms with van der Waals surface area (Å²) in [7, 11) is 0. The zero-order valence-corrected chi connectivity index (χ0v) is 15.2. The van der Waals surface area contributed by atoms with Crippen LogP contribution in [0.4, 0.5) is 11.5 Å². The molecule has 0 saturated carbocycles. The van der Waals surface area contributed by atoms with Gasteiger partial charge in [0.1, 0.15) is 5.82 Å². The van der Waals surface area contributed by atoms with Gasteiger partial charge in [-0.25, -0.2) is 4.98 Å². The van der Waals surface area contributed by atoms with Gasteiger partial charge in [-0.2, -0.15) is 10.2 Å². The predicted octanol–water partition coefficient (Wildman–Crippen LogP) is 2.03. The first-order valence-corrected chi connectivity index (χ1v) is 8.79. The first-order chi connectivity index (χ1) is 13.5. The van der Waals surface area contributed by atoms with Crippen molar-refractivity contribution in [3.63, 3.8) is 0 Å². The summed E-state index contributed by atoms with van der Waals surface area (Å²) in [5.41, 5.74) is 0.904. The number of fused-ring (bicyclic) bond motifs is 1. The number of benzene rings is 1. The van der Waals surface area contributed by atoms with Crippen LogP contribution in [0.2, 0.25) is 0 Å². The van der Waals surface area contributed by atoms with Crippen molar-refractivity contribution in [3.8, 4) is 6.07 Å². The van der Waals surface area contributed by atoms with E-state index < -0.39 is 4.92 Å². The van der Waals surface area contributed by atoms with E-state index in [1.54, 1.807) is 19.1 Å². The molecule has 1 saturated heterocycles. The molecule has 0 radical (unpaired) electrons. The summed E-state index contributed by atoms with van der Waals surface area (Å²) < 4.78 is 5.01. The summed E-state index contributed by atoms with van der Waals surface area (Å²) >= 11 is 0. The average molecular weight is 379 g/mol. The standard InChI is InChI=1S/C18H17N7O3/c1-12-20-17(22-28-12)11-23-4-6-24(7-5-23)18-8-13(10-19)15-9-14(25(26)27)2-3-16(15)21-18/h2-3,8-9H,4-7,11H2,1H3. The van der Waals surface area contributed by atoms with Crippen LogP contribution < -0.4 is 4.90 Å². The quantitative estimate of drug-likeness (QED) is 0.494. The third-order valence-electron chi connectivity index (χ3n) is 4.74. The number of rotatable bonds is 4. The van der Waals surface area contributed by atoms with Crippen LogP contribution in [0.1, 0.15) is 17.3 Å².